The second-order valence-corrected chi connectivity index (χ2v) is 16.8. The van der Waals surface area contributed by atoms with Crippen LogP contribution in [0.4, 0.5) is 28.4 Å². The van der Waals surface area contributed by atoms with Crippen LogP contribution in [0.25, 0.3) is 66.5 Å². The van der Waals surface area contributed by atoms with Gasteiger partial charge in [-0.2, -0.15) is 0 Å². The summed E-state index contributed by atoms with van der Waals surface area (Å²) in [6, 6.07) is 66.5. The molecule has 0 fully saturated rings. The lowest BCUT2D eigenvalue weighted by atomic mass is 9.80. The summed E-state index contributed by atoms with van der Waals surface area (Å²) in [5, 5.41) is 2.26. The van der Waals surface area contributed by atoms with Gasteiger partial charge >= 0.3 is 0 Å². The summed E-state index contributed by atoms with van der Waals surface area (Å²) in [6.07, 6.45) is 13.3. The fourth-order valence-corrected chi connectivity index (χ4v) is 10.4. The van der Waals surface area contributed by atoms with Crippen molar-refractivity contribution in [2.45, 2.75) is 25.8 Å². The molecule has 1 aliphatic carbocycles. The van der Waals surface area contributed by atoms with E-state index in [4.69, 9.17) is 4.42 Å². The molecule has 0 saturated carbocycles. The summed E-state index contributed by atoms with van der Waals surface area (Å²) < 4.78 is 7.41. The molecule has 0 N–H and O–H groups in total. The number of hydrogen-bond donors (Lipinski definition) is 0. The second-order valence-electron chi connectivity index (χ2n) is 16.8. The third-order valence-corrected chi connectivity index (χ3v) is 13.2. The lowest BCUT2D eigenvalue weighted by molar-refractivity contribution is 0.650. The van der Waals surface area contributed by atoms with E-state index in [2.05, 4.69) is 235 Å². The standard InChI is InChI=1S/C60H44N2O/c1-3-4-17-39(2)40-30-32-45(33-31-40)61(44-20-9-6-10-21-44)46-37-42(41-18-7-5-8-19-41)36-43(38-46)47-24-15-26-52-53-35-34-50-48-22-11-13-28-55(48)62-56-29-14-12-23-49(56)51-25-16-27-54(58(51)62)57(50)60(53)63-59(47)52/h3-38,54,58H,1-2H3/b4-3-,39-17+. The van der Waals surface area contributed by atoms with Crippen molar-refractivity contribution in [1.82, 2.24) is 0 Å². The minimum Gasteiger partial charge on any atom is -0.455 e. The summed E-state index contributed by atoms with van der Waals surface area (Å²) in [5.41, 5.74) is 20.8. The van der Waals surface area contributed by atoms with Crippen LogP contribution in [0.1, 0.15) is 36.5 Å². The van der Waals surface area contributed by atoms with Crippen molar-refractivity contribution < 1.29 is 4.42 Å². The minimum atomic E-state index is 0.0775. The monoisotopic (exact) mass is 808 g/mol. The predicted octanol–water partition coefficient (Wildman–Crippen LogP) is 16.6. The van der Waals surface area contributed by atoms with Crippen LogP contribution in [0, 0.1) is 0 Å². The Morgan fingerprint density at radius 2 is 1.22 bits per heavy atom. The summed E-state index contributed by atoms with van der Waals surface area (Å²) in [5.74, 6) is 0.0775. The first kappa shape index (κ1) is 36.9. The lowest BCUT2D eigenvalue weighted by Gasteiger charge is -2.33. The summed E-state index contributed by atoms with van der Waals surface area (Å²) in [4.78, 5) is 4.95. The normalized spacial score (nSPS) is 16.1. The average Bonchev–Trinajstić information content (AvgIpc) is 3.86. The van der Waals surface area contributed by atoms with E-state index in [0.717, 1.165) is 61.3 Å². The minimum absolute atomic E-state index is 0.0775. The number of allylic oxidation sites excluding steroid dienone is 6. The predicted molar refractivity (Wildman–Crippen MR) is 265 cm³/mol. The Hall–Kier alpha value is -7.88. The molecule has 12 rings (SSSR count). The Morgan fingerprint density at radius 3 is 2.02 bits per heavy atom. The van der Waals surface area contributed by atoms with E-state index in [1.54, 1.807) is 0 Å². The number of furan rings is 1. The molecule has 1 aromatic heterocycles. The van der Waals surface area contributed by atoms with Crippen molar-refractivity contribution in [3.8, 4) is 33.4 Å². The fraction of sp³-hybridized carbons (Fsp3) is 0.0667. The molecule has 0 amide bonds. The van der Waals surface area contributed by atoms with E-state index >= 15 is 0 Å². The van der Waals surface area contributed by atoms with Gasteiger partial charge in [0.2, 0.25) is 0 Å². The van der Waals surface area contributed by atoms with Crippen LogP contribution in [0.3, 0.4) is 0 Å². The van der Waals surface area contributed by atoms with Crippen LogP contribution in [0.5, 0.6) is 0 Å². The van der Waals surface area contributed by atoms with Crippen LogP contribution in [0.15, 0.2) is 223 Å². The number of nitrogens with zero attached hydrogens (tertiary/aromatic N) is 2. The number of hydrogen-bond acceptors (Lipinski definition) is 3. The number of benzene rings is 8. The van der Waals surface area contributed by atoms with Crippen molar-refractivity contribution in [3.05, 3.63) is 235 Å². The molecule has 3 heteroatoms. The van der Waals surface area contributed by atoms with E-state index in [1.165, 1.54) is 50.3 Å². The number of rotatable bonds is 7. The molecular weight excluding hydrogens is 765 g/mol. The van der Waals surface area contributed by atoms with Crippen LogP contribution < -0.4 is 9.80 Å². The Balaban J connectivity index is 1.07. The molecule has 2 aliphatic heterocycles. The highest BCUT2D eigenvalue weighted by molar-refractivity contribution is 6.13. The molecule has 300 valence electrons. The largest absolute Gasteiger partial charge is 0.455 e. The molecular formula is C60H44N2O. The van der Waals surface area contributed by atoms with Crippen LogP contribution in [-0.4, -0.2) is 6.04 Å². The Bertz CT molecular complexity index is 3370. The fourth-order valence-electron chi connectivity index (χ4n) is 10.4. The SMILES string of the molecule is C/C=C\C=C(/C)c1ccc(N(c2ccccc2)c2cc(-c3ccccc3)cc(-c3cccc4c3oc3c5c(ccc34)-c3ccccc3N3c4ccccc4C4=CC=CC5C43)c2)cc1. The van der Waals surface area contributed by atoms with Crippen LogP contribution in [0.2, 0.25) is 0 Å². The van der Waals surface area contributed by atoms with E-state index in [1.807, 2.05) is 6.92 Å². The molecule has 3 nitrogen and oxygen atoms in total. The van der Waals surface area contributed by atoms with Gasteiger partial charge in [0, 0.05) is 67.4 Å². The Labute approximate surface area is 368 Å². The van der Waals surface area contributed by atoms with Gasteiger partial charge in [0.25, 0.3) is 0 Å². The van der Waals surface area contributed by atoms with Crippen molar-refractivity contribution >= 4 is 61.5 Å². The lowest BCUT2D eigenvalue weighted by Crippen LogP contribution is -2.32. The van der Waals surface area contributed by atoms with Gasteiger partial charge in [0.15, 0.2) is 0 Å². The zero-order valence-corrected chi connectivity index (χ0v) is 35.2. The van der Waals surface area contributed by atoms with E-state index < -0.39 is 0 Å². The maximum atomic E-state index is 7.41. The molecule has 0 radical (unpaired) electrons. The van der Waals surface area contributed by atoms with Gasteiger partial charge in [-0.3, -0.25) is 0 Å². The summed E-state index contributed by atoms with van der Waals surface area (Å²) in [6.45, 7) is 4.21. The second kappa shape index (κ2) is 14.9. The molecule has 0 saturated heterocycles. The first-order valence-corrected chi connectivity index (χ1v) is 22.0. The molecule has 2 unspecified atom stereocenters. The van der Waals surface area contributed by atoms with Gasteiger partial charge in [-0.25, -0.2) is 0 Å². The first-order chi connectivity index (χ1) is 31.1. The van der Waals surface area contributed by atoms with E-state index in [0.29, 0.717) is 0 Å². The summed E-state index contributed by atoms with van der Waals surface area (Å²) in [7, 11) is 0. The molecule has 0 spiro atoms. The average molecular weight is 809 g/mol. The van der Waals surface area contributed by atoms with E-state index in [9.17, 15) is 0 Å². The molecule has 3 heterocycles. The topological polar surface area (TPSA) is 19.6 Å². The number of anilines is 5. The molecule has 2 atom stereocenters. The van der Waals surface area contributed by atoms with Crippen molar-refractivity contribution in [2.75, 3.05) is 9.80 Å². The third-order valence-electron chi connectivity index (χ3n) is 13.2. The molecule has 9 aromatic rings. The molecule has 8 aromatic carbocycles. The van der Waals surface area contributed by atoms with Gasteiger partial charge in [-0.15, -0.1) is 0 Å². The van der Waals surface area contributed by atoms with Gasteiger partial charge in [-0.1, -0.05) is 158 Å². The van der Waals surface area contributed by atoms with Crippen LogP contribution >= 0.6 is 0 Å². The van der Waals surface area contributed by atoms with Crippen molar-refractivity contribution in [3.63, 3.8) is 0 Å². The summed E-state index contributed by atoms with van der Waals surface area (Å²) >= 11 is 0. The Kier molecular flexibility index (Phi) is 8.75. The zero-order chi connectivity index (χ0) is 42.0. The van der Waals surface area contributed by atoms with Crippen LogP contribution in [-0.2, 0) is 0 Å². The maximum absolute atomic E-state index is 7.41. The molecule has 0 bridgehead atoms. The quantitative estimate of drug-likeness (QED) is 0.150. The highest BCUT2D eigenvalue weighted by Gasteiger charge is 2.45. The smallest absolute Gasteiger partial charge is 0.143 e. The molecule has 63 heavy (non-hydrogen) atoms. The highest BCUT2D eigenvalue weighted by atomic mass is 16.3. The van der Waals surface area contributed by atoms with Crippen molar-refractivity contribution in [1.29, 1.82) is 0 Å². The van der Waals surface area contributed by atoms with Gasteiger partial charge in [0.1, 0.15) is 11.2 Å². The van der Waals surface area contributed by atoms with Gasteiger partial charge in [-0.05, 0) is 113 Å². The zero-order valence-electron chi connectivity index (χ0n) is 35.2. The first-order valence-electron chi connectivity index (χ1n) is 22.0. The number of para-hydroxylation sites is 4. The van der Waals surface area contributed by atoms with Gasteiger partial charge < -0.3 is 14.2 Å². The van der Waals surface area contributed by atoms with Crippen molar-refractivity contribution in [2.24, 2.45) is 0 Å². The Morgan fingerprint density at radius 1 is 0.556 bits per heavy atom. The van der Waals surface area contributed by atoms with Gasteiger partial charge in [0.05, 0.1) is 6.04 Å². The van der Waals surface area contributed by atoms with E-state index in [-0.39, 0.29) is 12.0 Å². The maximum Gasteiger partial charge on any atom is 0.143 e. The molecule has 3 aliphatic rings. The third kappa shape index (κ3) is 5.96. The highest BCUT2D eigenvalue weighted by Crippen LogP contribution is 2.58. The number of fused-ring (bicyclic) bond motifs is 12.